The Hall–Kier alpha value is -2.25. The average molecular weight is 373 g/mol. The molecule has 1 aromatic heterocycles. The van der Waals surface area contributed by atoms with Gasteiger partial charge in [0.05, 0.1) is 4.90 Å². The van der Waals surface area contributed by atoms with Gasteiger partial charge in [-0.15, -0.1) is 0 Å². The predicted molar refractivity (Wildman–Crippen MR) is 99.0 cm³/mol. The summed E-state index contributed by atoms with van der Waals surface area (Å²) >= 11 is 0. The number of pyridine rings is 1. The highest BCUT2D eigenvalue weighted by Crippen LogP contribution is 2.23. The third-order valence-corrected chi connectivity index (χ3v) is 5.95. The number of nitrogens with zero attached hydrogens (tertiary/aromatic N) is 1. The summed E-state index contributed by atoms with van der Waals surface area (Å²) in [6.45, 7) is 0.447. The lowest BCUT2D eigenvalue weighted by atomic mass is 9.92. The highest BCUT2D eigenvalue weighted by molar-refractivity contribution is 7.89. The number of aromatic nitrogens is 1. The SMILES string of the molecule is O=C(CCNS(=O)(=O)c1ccc2c(c1)CCCC2)NCc1cccnc1. The molecular formula is C19H23N3O3S. The van der Waals surface area contributed by atoms with Gasteiger partial charge in [-0.1, -0.05) is 12.1 Å². The Morgan fingerprint density at radius 1 is 1.12 bits per heavy atom. The van der Waals surface area contributed by atoms with Crippen LogP contribution in [0.25, 0.3) is 0 Å². The molecule has 7 heteroatoms. The molecule has 1 aromatic carbocycles. The molecule has 0 saturated heterocycles. The number of aryl methyl sites for hydroxylation is 2. The minimum Gasteiger partial charge on any atom is -0.352 e. The minimum atomic E-state index is -3.60. The summed E-state index contributed by atoms with van der Waals surface area (Å²) in [5.74, 6) is -0.206. The van der Waals surface area contributed by atoms with Crippen molar-refractivity contribution < 1.29 is 13.2 Å². The lowest BCUT2D eigenvalue weighted by Crippen LogP contribution is -2.30. The van der Waals surface area contributed by atoms with Gasteiger partial charge in [-0.25, -0.2) is 13.1 Å². The summed E-state index contributed by atoms with van der Waals surface area (Å²) in [4.78, 5) is 16.1. The van der Waals surface area contributed by atoms with Gasteiger partial charge < -0.3 is 5.32 Å². The van der Waals surface area contributed by atoms with Crippen LogP contribution in [0.5, 0.6) is 0 Å². The maximum absolute atomic E-state index is 12.4. The first-order valence-corrected chi connectivity index (χ1v) is 10.3. The molecule has 3 rings (SSSR count). The second kappa shape index (κ2) is 8.42. The summed E-state index contributed by atoms with van der Waals surface area (Å²) in [5.41, 5.74) is 3.26. The molecule has 0 fully saturated rings. The Bertz CT molecular complexity index is 867. The summed E-state index contributed by atoms with van der Waals surface area (Å²) < 4.78 is 27.4. The van der Waals surface area contributed by atoms with Crippen LogP contribution in [0.4, 0.5) is 0 Å². The standard InChI is InChI=1S/C19H23N3O3S/c23-19(21-14-15-4-3-10-20-13-15)9-11-22-26(24,25)18-8-7-16-5-1-2-6-17(16)12-18/h3-4,7-8,10,12-13,22H,1-2,5-6,9,11,14H2,(H,21,23). The van der Waals surface area contributed by atoms with Crippen molar-refractivity contribution >= 4 is 15.9 Å². The first-order chi connectivity index (χ1) is 12.5. The van der Waals surface area contributed by atoms with Crippen molar-refractivity contribution in [1.82, 2.24) is 15.0 Å². The van der Waals surface area contributed by atoms with Gasteiger partial charge in [-0.05, 0) is 60.6 Å². The van der Waals surface area contributed by atoms with Crippen molar-refractivity contribution in [1.29, 1.82) is 0 Å². The van der Waals surface area contributed by atoms with Crippen LogP contribution >= 0.6 is 0 Å². The summed E-state index contributed by atoms with van der Waals surface area (Å²) in [7, 11) is -3.60. The number of amides is 1. The first-order valence-electron chi connectivity index (χ1n) is 8.82. The molecule has 0 bridgehead atoms. The van der Waals surface area contributed by atoms with E-state index in [0.717, 1.165) is 36.8 Å². The van der Waals surface area contributed by atoms with E-state index >= 15 is 0 Å². The van der Waals surface area contributed by atoms with Crippen LogP contribution in [0.3, 0.4) is 0 Å². The molecule has 1 aliphatic carbocycles. The normalized spacial score (nSPS) is 13.8. The van der Waals surface area contributed by atoms with Crippen LogP contribution in [0.15, 0.2) is 47.6 Å². The smallest absolute Gasteiger partial charge is 0.240 e. The zero-order valence-electron chi connectivity index (χ0n) is 14.6. The number of fused-ring (bicyclic) bond motifs is 1. The average Bonchev–Trinajstić information content (AvgIpc) is 2.66. The molecule has 0 unspecified atom stereocenters. The van der Waals surface area contributed by atoms with E-state index in [2.05, 4.69) is 15.0 Å². The van der Waals surface area contributed by atoms with Crippen molar-refractivity contribution in [2.75, 3.05) is 6.54 Å². The fraction of sp³-hybridized carbons (Fsp3) is 0.368. The quantitative estimate of drug-likeness (QED) is 0.776. The number of nitrogens with one attached hydrogen (secondary N) is 2. The van der Waals surface area contributed by atoms with E-state index in [1.165, 1.54) is 5.56 Å². The molecule has 0 radical (unpaired) electrons. The van der Waals surface area contributed by atoms with Gasteiger partial charge in [0.15, 0.2) is 0 Å². The van der Waals surface area contributed by atoms with E-state index in [4.69, 9.17) is 0 Å². The molecule has 1 aliphatic rings. The van der Waals surface area contributed by atoms with Crippen molar-refractivity contribution in [2.24, 2.45) is 0 Å². The molecule has 0 saturated carbocycles. The number of carbonyl (C=O) groups excluding carboxylic acids is 1. The third kappa shape index (κ3) is 4.89. The summed E-state index contributed by atoms with van der Waals surface area (Å²) in [5, 5.41) is 2.75. The van der Waals surface area contributed by atoms with E-state index in [-0.39, 0.29) is 23.8 Å². The molecule has 1 amide bonds. The number of rotatable bonds is 7. The fourth-order valence-electron chi connectivity index (χ4n) is 3.05. The number of benzene rings is 1. The van der Waals surface area contributed by atoms with E-state index in [1.807, 2.05) is 12.1 Å². The fourth-order valence-corrected chi connectivity index (χ4v) is 4.13. The summed E-state index contributed by atoms with van der Waals surface area (Å²) in [6, 6.07) is 8.98. The molecule has 26 heavy (non-hydrogen) atoms. The van der Waals surface area contributed by atoms with Gasteiger partial charge in [0, 0.05) is 31.9 Å². The molecule has 0 atom stereocenters. The molecule has 2 aromatic rings. The lowest BCUT2D eigenvalue weighted by Gasteiger charge is -2.16. The topological polar surface area (TPSA) is 88.2 Å². The van der Waals surface area contributed by atoms with Crippen molar-refractivity contribution in [3.63, 3.8) is 0 Å². The second-order valence-corrected chi connectivity index (χ2v) is 8.19. The Kier molecular flexibility index (Phi) is 6.00. The monoisotopic (exact) mass is 373 g/mol. The molecule has 0 aliphatic heterocycles. The molecule has 6 nitrogen and oxygen atoms in total. The third-order valence-electron chi connectivity index (χ3n) is 4.49. The van der Waals surface area contributed by atoms with Crippen LogP contribution in [0, 0.1) is 0 Å². The van der Waals surface area contributed by atoms with Gasteiger partial charge in [0.2, 0.25) is 15.9 Å². The Labute approximate surface area is 154 Å². The van der Waals surface area contributed by atoms with Gasteiger partial charge >= 0.3 is 0 Å². The summed E-state index contributed by atoms with van der Waals surface area (Å²) in [6.07, 6.45) is 7.63. The van der Waals surface area contributed by atoms with Crippen LogP contribution in [-0.4, -0.2) is 25.9 Å². The Balaban J connectivity index is 1.49. The van der Waals surface area contributed by atoms with E-state index < -0.39 is 10.0 Å². The maximum atomic E-state index is 12.4. The zero-order chi connectivity index (χ0) is 18.4. The number of hydrogen-bond donors (Lipinski definition) is 2. The Morgan fingerprint density at radius 2 is 1.92 bits per heavy atom. The molecule has 2 N–H and O–H groups in total. The Morgan fingerprint density at radius 3 is 2.69 bits per heavy atom. The van der Waals surface area contributed by atoms with Crippen LogP contribution in [0.2, 0.25) is 0 Å². The molecule has 1 heterocycles. The van der Waals surface area contributed by atoms with E-state index in [0.29, 0.717) is 6.54 Å². The maximum Gasteiger partial charge on any atom is 0.240 e. The van der Waals surface area contributed by atoms with Crippen LogP contribution < -0.4 is 10.0 Å². The van der Waals surface area contributed by atoms with Crippen LogP contribution in [-0.2, 0) is 34.2 Å². The second-order valence-electron chi connectivity index (χ2n) is 6.42. The first kappa shape index (κ1) is 18.5. The van der Waals surface area contributed by atoms with Crippen LogP contribution in [0.1, 0.15) is 36.0 Å². The van der Waals surface area contributed by atoms with Gasteiger partial charge in [0.25, 0.3) is 0 Å². The largest absolute Gasteiger partial charge is 0.352 e. The van der Waals surface area contributed by atoms with Gasteiger partial charge in [-0.2, -0.15) is 0 Å². The molecular weight excluding hydrogens is 350 g/mol. The van der Waals surface area contributed by atoms with Gasteiger partial charge in [-0.3, -0.25) is 9.78 Å². The number of sulfonamides is 1. The lowest BCUT2D eigenvalue weighted by molar-refractivity contribution is -0.121. The highest BCUT2D eigenvalue weighted by atomic mass is 32.2. The molecule has 138 valence electrons. The zero-order valence-corrected chi connectivity index (χ0v) is 15.4. The van der Waals surface area contributed by atoms with Crippen molar-refractivity contribution in [3.05, 3.63) is 59.4 Å². The van der Waals surface area contributed by atoms with Gasteiger partial charge in [0.1, 0.15) is 0 Å². The van der Waals surface area contributed by atoms with E-state index in [9.17, 15) is 13.2 Å². The van der Waals surface area contributed by atoms with E-state index in [1.54, 1.807) is 30.6 Å². The minimum absolute atomic E-state index is 0.0677. The highest BCUT2D eigenvalue weighted by Gasteiger charge is 2.17. The number of carbonyl (C=O) groups is 1. The predicted octanol–water partition coefficient (Wildman–Crippen LogP) is 1.95. The number of hydrogen-bond acceptors (Lipinski definition) is 4. The molecule has 0 spiro atoms. The van der Waals surface area contributed by atoms with Crippen molar-refractivity contribution in [3.8, 4) is 0 Å². The van der Waals surface area contributed by atoms with Crippen molar-refractivity contribution in [2.45, 2.75) is 43.5 Å².